The smallest absolute Gasteiger partial charge is 0.324 e. The molecule has 2 N–H and O–H groups in total. The number of carbonyl (C=O) groups excluding carboxylic acids is 1. The van der Waals surface area contributed by atoms with Crippen molar-refractivity contribution in [1.82, 2.24) is 9.78 Å². The van der Waals surface area contributed by atoms with Crippen molar-refractivity contribution in [3.63, 3.8) is 0 Å². The van der Waals surface area contributed by atoms with E-state index in [-0.39, 0.29) is 0 Å². The molecule has 0 aliphatic heterocycles. The number of rotatable bonds is 4. The lowest BCUT2D eigenvalue weighted by atomic mass is 10.1. The minimum atomic E-state index is -0.660. The first kappa shape index (κ1) is 12.7. The summed E-state index contributed by atoms with van der Waals surface area (Å²) in [4.78, 5) is 11.2. The van der Waals surface area contributed by atoms with E-state index >= 15 is 0 Å². The molecule has 5 heteroatoms. The number of ether oxygens (including phenoxy) is 1. The summed E-state index contributed by atoms with van der Waals surface area (Å²) >= 11 is 0. The Kier molecular flexibility index (Phi) is 4.06. The number of hydrogen-bond acceptors (Lipinski definition) is 4. The molecule has 0 aliphatic carbocycles. The molecule has 0 radical (unpaired) electrons. The normalized spacial score (nSPS) is 12.6. The van der Waals surface area contributed by atoms with Gasteiger partial charge in [-0.1, -0.05) is 6.92 Å². The van der Waals surface area contributed by atoms with Crippen LogP contribution >= 0.6 is 0 Å². The summed E-state index contributed by atoms with van der Waals surface area (Å²) in [6, 6.07) is -0.660. The summed E-state index contributed by atoms with van der Waals surface area (Å²) < 4.78 is 6.36. The standard InChI is InChI=1S/C11H19N3O2/c1-5-9-7(2)13-14(8(9)3)6-10(12)11(15)16-4/h10H,5-6,12H2,1-4H3. The quantitative estimate of drug-likeness (QED) is 0.760. The van der Waals surface area contributed by atoms with Crippen LogP contribution in [0.2, 0.25) is 0 Å². The molecule has 1 rings (SSSR count). The predicted octanol–water partition coefficient (Wildman–Crippen LogP) is 0.563. The third kappa shape index (κ3) is 2.41. The number of hydrogen-bond donors (Lipinski definition) is 1. The highest BCUT2D eigenvalue weighted by molar-refractivity contribution is 5.75. The van der Waals surface area contributed by atoms with E-state index in [0.29, 0.717) is 6.54 Å². The van der Waals surface area contributed by atoms with E-state index in [0.717, 1.165) is 17.8 Å². The summed E-state index contributed by atoms with van der Waals surface area (Å²) in [6.45, 7) is 6.40. The molecule has 0 bridgehead atoms. The summed E-state index contributed by atoms with van der Waals surface area (Å²) in [5, 5.41) is 4.37. The van der Waals surface area contributed by atoms with Gasteiger partial charge in [0.15, 0.2) is 0 Å². The Labute approximate surface area is 95.6 Å². The van der Waals surface area contributed by atoms with Crippen molar-refractivity contribution >= 4 is 5.97 Å². The number of esters is 1. The highest BCUT2D eigenvalue weighted by Crippen LogP contribution is 2.13. The van der Waals surface area contributed by atoms with Crippen molar-refractivity contribution in [2.45, 2.75) is 39.8 Å². The first-order chi connectivity index (χ1) is 7.51. The number of nitrogens with zero attached hydrogens (tertiary/aromatic N) is 2. The van der Waals surface area contributed by atoms with Crippen LogP contribution in [-0.2, 0) is 22.5 Å². The molecule has 0 saturated heterocycles. The average Bonchev–Trinajstić information content (AvgIpc) is 2.52. The topological polar surface area (TPSA) is 70.1 Å². The Morgan fingerprint density at radius 3 is 2.62 bits per heavy atom. The van der Waals surface area contributed by atoms with Gasteiger partial charge < -0.3 is 10.5 Å². The highest BCUT2D eigenvalue weighted by atomic mass is 16.5. The maximum Gasteiger partial charge on any atom is 0.324 e. The second-order valence-corrected chi connectivity index (χ2v) is 3.81. The average molecular weight is 225 g/mol. The van der Waals surface area contributed by atoms with Gasteiger partial charge in [-0.15, -0.1) is 0 Å². The molecular weight excluding hydrogens is 206 g/mol. The number of nitrogens with two attached hydrogens (primary N) is 1. The van der Waals surface area contributed by atoms with E-state index in [1.165, 1.54) is 12.7 Å². The molecule has 1 heterocycles. The Morgan fingerprint density at radius 2 is 2.19 bits per heavy atom. The minimum Gasteiger partial charge on any atom is -0.468 e. The first-order valence-electron chi connectivity index (χ1n) is 5.37. The van der Waals surface area contributed by atoms with Gasteiger partial charge in [0.1, 0.15) is 6.04 Å². The Morgan fingerprint density at radius 1 is 1.56 bits per heavy atom. The van der Waals surface area contributed by atoms with Crippen LogP contribution in [0.3, 0.4) is 0 Å². The van der Waals surface area contributed by atoms with Gasteiger partial charge in [-0.05, 0) is 25.8 Å². The Hall–Kier alpha value is -1.36. The molecule has 16 heavy (non-hydrogen) atoms. The van der Waals surface area contributed by atoms with Crippen LogP contribution in [0.1, 0.15) is 23.9 Å². The van der Waals surface area contributed by atoms with Crippen LogP contribution in [0, 0.1) is 13.8 Å². The third-order valence-corrected chi connectivity index (χ3v) is 2.76. The van der Waals surface area contributed by atoms with Crippen LogP contribution in [0.5, 0.6) is 0 Å². The molecule has 0 aromatic carbocycles. The van der Waals surface area contributed by atoms with Gasteiger partial charge in [0.25, 0.3) is 0 Å². The van der Waals surface area contributed by atoms with Crippen molar-refractivity contribution < 1.29 is 9.53 Å². The highest BCUT2D eigenvalue weighted by Gasteiger charge is 2.17. The summed E-state index contributed by atoms with van der Waals surface area (Å²) in [5.41, 5.74) is 8.98. The van der Waals surface area contributed by atoms with E-state index in [9.17, 15) is 4.79 Å². The second-order valence-electron chi connectivity index (χ2n) is 3.81. The van der Waals surface area contributed by atoms with E-state index < -0.39 is 12.0 Å². The summed E-state index contributed by atoms with van der Waals surface area (Å²) in [6.07, 6.45) is 0.936. The summed E-state index contributed by atoms with van der Waals surface area (Å²) in [5.74, 6) is -0.411. The van der Waals surface area contributed by atoms with Gasteiger partial charge in [0.2, 0.25) is 0 Å². The monoisotopic (exact) mass is 225 g/mol. The van der Waals surface area contributed by atoms with E-state index in [2.05, 4.69) is 16.8 Å². The molecule has 1 unspecified atom stereocenters. The van der Waals surface area contributed by atoms with Crippen LogP contribution < -0.4 is 5.73 Å². The molecule has 0 fully saturated rings. The van der Waals surface area contributed by atoms with E-state index in [1.54, 1.807) is 4.68 Å². The number of aryl methyl sites for hydroxylation is 1. The number of methoxy groups -OCH3 is 1. The predicted molar refractivity (Wildman–Crippen MR) is 61.1 cm³/mol. The largest absolute Gasteiger partial charge is 0.468 e. The fourth-order valence-electron chi connectivity index (χ4n) is 1.84. The van der Waals surface area contributed by atoms with Crippen molar-refractivity contribution in [1.29, 1.82) is 0 Å². The van der Waals surface area contributed by atoms with Gasteiger partial charge in [-0.2, -0.15) is 5.10 Å². The lowest BCUT2D eigenvalue weighted by Gasteiger charge is -2.10. The van der Waals surface area contributed by atoms with Gasteiger partial charge in [0, 0.05) is 5.69 Å². The minimum absolute atomic E-state index is 0.360. The number of aromatic nitrogens is 2. The van der Waals surface area contributed by atoms with Crippen molar-refractivity contribution in [2.24, 2.45) is 5.73 Å². The fraction of sp³-hybridized carbons (Fsp3) is 0.636. The molecule has 0 saturated carbocycles. The maximum absolute atomic E-state index is 11.2. The SMILES string of the molecule is CCc1c(C)nn(CC(N)C(=O)OC)c1C. The molecule has 90 valence electrons. The zero-order chi connectivity index (χ0) is 12.3. The molecule has 1 aromatic heterocycles. The van der Waals surface area contributed by atoms with E-state index in [1.807, 2.05) is 13.8 Å². The van der Waals surface area contributed by atoms with E-state index in [4.69, 9.17) is 5.73 Å². The summed E-state index contributed by atoms with van der Waals surface area (Å²) in [7, 11) is 1.33. The van der Waals surface area contributed by atoms with Gasteiger partial charge >= 0.3 is 5.97 Å². The van der Waals surface area contributed by atoms with Crippen molar-refractivity contribution in [3.05, 3.63) is 17.0 Å². The molecule has 1 atom stereocenters. The van der Waals surface area contributed by atoms with Crippen LogP contribution in [0.25, 0.3) is 0 Å². The molecule has 0 amide bonds. The second kappa shape index (κ2) is 5.12. The Bertz CT molecular complexity index is 385. The fourth-order valence-corrected chi connectivity index (χ4v) is 1.84. The van der Waals surface area contributed by atoms with Crippen LogP contribution in [0.4, 0.5) is 0 Å². The lowest BCUT2D eigenvalue weighted by molar-refractivity contribution is -0.142. The third-order valence-electron chi connectivity index (χ3n) is 2.76. The molecule has 0 spiro atoms. The van der Waals surface area contributed by atoms with Gasteiger partial charge in [-0.3, -0.25) is 9.48 Å². The first-order valence-corrected chi connectivity index (χ1v) is 5.37. The molecule has 0 aliphatic rings. The van der Waals surface area contributed by atoms with Crippen LogP contribution in [0.15, 0.2) is 0 Å². The molecule has 1 aromatic rings. The van der Waals surface area contributed by atoms with Crippen molar-refractivity contribution in [3.8, 4) is 0 Å². The zero-order valence-electron chi connectivity index (χ0n) is 10.3. The van der Waals surface area contributed by atoms with Crippen molar-refractivity contribution in [2.75, 3.05) is 7.11 Å². The molecule has 5 nitrogen and oxygen atoms in total. The lowest BCUT2D eigenvalue weighted by Crippen LogP contribution is -2.36. The van der Waals surface area contributed by atoms with Gasteiger partial charge in [0.05, 0.1) is 19.3 Å². The zero-order valence-corrected chi connectivity index (χ0v) is 10.3. The van der Waals surface area contributed by atoms with Gasteiger partial charge in [-0.25, -0.2) is 0 Å². The maximum atomic E-state index is 11.2. The van der Waals surface area contributed by atoms with Crippen LogP contribution in [-0.4, -0.2) is 28.9 Å². The Balaban J connectivity index is 2.86. The molecular formula is C11H19N3O2. The number of carbonyl (C=O) groups is 1.